The summed E-state index contributed by atoms with van der Waals surface area (Å²) in [4.78, 5) is 40.6. The number of pyridine rings is 1. The highest BCUT2D eigenvalue weighted by atomic mass is 35.5. The van der Waals surface area contributed by atoms with E-state index in [1.54, 1.807) is 12.1 Å². The first kappa shape index (κ1) is 23.4. The fourth-order valence-corrected chi connectivity index (χ4v) is 5.12. The highest BCUT2D eigenvalue weighted by molar-refractivity contribution is 6.31. The zero-order chi connectivity index (χ0) is 25.0. The Morgan fingerprint density at radius 3 is 2.51 bits per heavy atom. The van der Waals surface area contributed by atoms with E-state index in [0.29, 0.717) is 35.6 Å². The van der Waals surface area contributed by atoms with E-state index in [4.69, 9.17) is 21.1 Å². The highest BCUT2D eigenvalue weighted by Crippen LogP contribution is 2.60. The number of rotatable bonds is 6. The molecule has 2 amide bonds. The molecule has 1 aromatic heterocycles. The van der Waals surface area contributed by atoms with Gasteiger partial charge < -0.3 is 20.1 Å². The molecule has 184 valence electrons. The fraction of sp³-hybridized carbons (Fsp3) is 0.391. The summed E-state index contributed by atoms with van der Waals surface area (Å²) < 4.78 is 48.6. The number of carbonyl (C=O) groups is 3. The fourth-order valence-electron chi connectivity index (χ4n) is 4.95. The molecule has 2 bridgehead atoms. The summed E-state index contributed by atoms with van der Waals surface area (Å²) in [5.41, 5.74) is -1.62. The monoisotopic (exact) mass is 509 g/mol. The van der Waals surface area contributed by atoms with Crippen LogP contribution in [0.4, 0.5) is 13.2 Å². The van der Waals surface area contributed by atoms with Gasteiger partial charge in [0.15, 0.2) is 18.5 Å². The third-order valence-electron chi connectivity index (χ3n) is 6.39. The van der Waals surface area contributed by atoms with Gasteiger partial charge >= 0.3 is 6.18 Å². The molecule has 6 rings (SSSR count). The van der Waals surface area contributed by atoms with Crippen molar-refractivity contribution in [2.24, 2.45) is 0 Å². The Balaban J connectivity index is 1.08. The number of fused-ring (bicyclic) bond motifs is 1. The van der Waals surface area contributed by atoms with E-state index in [1.165, 1.54) is 6.07 Å². The lowest BCUT2D eigenvalue weighted by atomic mass is 9.44. The molecule has 2 heterocycles. The van der Waals surface area contributed by atoms with Crippen LogP contribution in [0.5, 0.6) is 11.5 Å². The second kappa shape index (κ2) is 8.11. The van der Waals surface area contributed by atoms with Crippen molar-refractivity contribution in [1.82, 2.24) is 15.6 Å². The first-order chi connectivity index (χ1) is 16.5. The maximum atomic E-state index is 12.7. The second-order valence-electron chi connectivity index (χ2n) is 9.17. The molecular formula is C23H19ClF3N3O5. The van der Waals surface area contributed by atoms with E-state index in [-0.39, 0.29) is 24.6 Å². The number of hydrogen-bond donors (Lipinski definition) is 2. The van der Waals surface area contributed by atoms with Crippen molar-refractivity contribution in [2.45, 2.75) is 49.0 Å². The van der Waals surface area contributed by atoms with Crippen molar-refractivity contribution in [3.05, 3.63) is 52.8 Å². The molecule has 0 unspecified atom stereocenters. The molecule has 12 heteroatoms. The van der Waals surface area contributed by atoms with Gasteiger partial charge in [-0.1, -0.05) is 11.6 Å². The van der Waals surface area contributed by atoms with Gasteiger partial charge in [-0.25, -0.2) is 4.98 Å². The van der Waals surface area contributed by atoms with Crippen molar-refractivity contribution in [3.8, 4) is 11.5 Å². The summed E-state index contributed by atoms with van der Waals surface area (Å²) in [6.07, 6.45) is -3.12. The minimum Gasteiger partial charge on any atom is -0.482 e. The predicted molar refractivity (Wildman–Crippen MR) is 115 cm³/mol. The van der Waals surface area contributed by atoms with E-state index in [2.05, 4.69) is 15.6 Å². The van der Waals surface area contributed by atoms with Crippen LogP contribution in [0.2, 0.25) is 5.02 Å². The lowest BCUT2D eigenvalue weighted by molar-refractivity contribution is -0.154. The first-order valence-electron chi connectivity index (χ1n) is 10.7. The van der Waals surface area contributed by atoms with Crippen LogP contribution >= 0.6 is 11.6 Å². The smallest absolute Gasteiger partial charge is 0.433 e. The van der Waals surface area contributed by atoms with Gasteiger partial charge in [0.05, 0.1) is 18.2 Å². The van der Waals surface area contributed by atoms with E-state index in [9.17, 15) is 27.6 Å². The topological polar surface area (TPSA) is 107 Å². The Morgan fingerprint density at radius 2 is 1.86 bits per heavy atom. The van der Waals surface area contributed by atoms with Crippen LogP contribution in [0.3, 0.4) is 0 Å². The Morgan fingerprint density at radius 1 is 1.14 bits per heavy atom. The predicted octanol–water partition coefficient (Wildman–Crippen LogP) is 3.07. The number of aromatic nitrogens is 1. The molecule has 1 aromatic carbocycles. The molecule has 2 N–H and O–H groups in total. The van der Waals surface area contributed by atoms with Crippen molar-refractivity contribution < 1.29 is 37.0 Å². The van der Waals surface area contributed by atoms with Gasteiger partial charge in [-0.2, -0.15) is 13.2 Å². The summed E-state index contributed by atoms with van der Waals surface area (Å²) in [5, 5.41) is 6.20. The van der Waals surface area contributed by atoms with Crippen LogP contribution in [-0.4, -0.2) is 46.4 Å². The van der Waals surface area contributed by atoms with Gasteiger partial charge in [-0.3, -0.25) is 14.4 Å². The molecule has 3 aliphatic carbocycles. The van der Waals surface area contributed by atoms with E-state index in [1.807, 2.05) is 0 Å². The number of nitrogens with one attached hydrogen (secondary N) is 2. The lowest BCUT2D eigenvalue weighted by Gasteiger charge is -2.70. The average Bonchev–Trinajstić information content (AvgIpc) is 2.75. The maximum absolute atomic E-state index is 12.7. The van der Waals surface area contributed by atoms with E-state index < -0.39 is 40.9 Å². The number of ketones is 1. The Labute approximate surface area is 202 Å². The summed E-state index contributed by atoms with van der Waals surface area (Å²) in [6, 6.07) is 6.53. The highest BCUT2D eigenvalue weighted by Gasteiger charge is 2.69. The normalized spacial score (nSPS) is 26.4. The Bertz CT molecular complexity index is 1200. The zero-order valence-electron chi connectivity index (χ0n) is 18.1. The number of nitrogens with zero attached hydrogens (tertiary/aromatic N) is 1. The van der Waals surface area contributed by atoms with Gasteiger partial charge in [0.1, 0.15) is 17.2 Å². The van der Waals surface area contributed by atoms with Gasteiger partial charge in [0.2, 0.25) is 0 Å². The number of amides is 2. The molecule has 35 heavy (non-hydrogen) atoms. The van der Waals surface area contributed by atoms with Crippen LogP contribution in [0.25, 0.3) is 0 Å². The quantitative estimate of drug-likeness (QED) is 0.620. The van der Waals surface area contributed by atoms with Crippen LogP contribution < -0.4 is 20.1 Å². The third-order valence-corrected chi connectivity index (χ3v) is 6.63. The molecule has 0 saturated heterocycles. The second-order valence-corrected chi connectivity index (χ2v) is 9.60. The van der Waals surface area contributed by atoms with Crippen LogP contribution in [0, 0.1) is 0 Å². The van der Waals surface area contributed by atoms with Crippen LogP contribution in [0.1, 0.15) is 41.7 Å². The largest absolute Gasteiger partial charge is 0.482 e. The van der Waals surface area contributed by atoms with Crippen molar-refractivity contribution in [1.29, 1.82) is 0 Å². The SMILES string of the molecule is O=C(COc1ccc(C(F)(F)F)nc1)NC12CC(NC(=O)[C@@H]3CC(=O)c4cc(Cl)ccc4O3)(C1)C2. The number of hydrogen-bond acceptors (Lipinski definition) is 6. The molecule has 3 fully saturated rings. The zero-order valence-corrected chi connectivity index (χ0v) is 18.8. The molecule has 3 saturated carbocycles. The van der Waals surface area contributed by atoms with Gasteiger partial charge in [0, 0.05) is 16.1 Å². The van der Waals surface area contributed by atoms with Crippen molar-refractivity contribution >= 4 is 29.2 Å². The minimum absolute atomic E-state index is 0.0420. The number of carbonyl (C=O) groups excluding carboxylic acids is 3. The molecule has 1 aliphatic heterocycles. The molecule has 4 aliphatic rings. The minimum atomic E-state index is -4.55. The van der Waals surface area contributed by atoms with Gasteiger partial charge in [0.25, 0.3) is 11.8 Å². The first-order valence-corrected chi connectivity index (χ1v) is 11.1. The van der Waals surface area contributed by atoms with Crippen molar-refractivity contribution in [2.75, 3.05) is 6.61 Å². The molecule has 1 atom stereocenters. The standard InChI is InChI=1S/C23H19ClF3N3O5/c24-12-1-3-16-14(5-12)15(31)6-17(35-16)20(33)30-22-9-21(10-22,11-22)29-19(32)8-34-13-2-4-18(28-7-13)23(25,26)27/h1-5,7,17H,6,8-11H2,(H,29,32)(H,30,33)/t17-,21?,22?/m0/s1. The summed E-state index contributed by atoms with van der Waals surface area (Å²) in [5.74, 6) is -0.688. The lowest BCUT2D eigenvalue weighted by Crippen LogP contribution is -2.84. The van der Waals surface area contributed by atoms with Crippen LogP contribution in [-0.2, 0) is 15.8 Å². The number of benzene rings is 1. The molecule has 0 radical (unpaired) electrons. The van der Waals surface area contributed by atoms with Gasteiger partial charge in [-0.15, -0.1) is 0 Å². The maximum Gasteiger partial charge on any atom is 0.433 e. The molecular weight excluding hydrogens is 491 g/mol. The van der Waals surface area contributed by atoms with Crippen LogP contribution in [0.15, 0.2) is 36.5 Å². The summed E-state index contributed by atoms with van der Waals surface area (Å²) in [6.45, 7) is -0.379. The number of halogens is 4. The van der Waals surface area contributed by atoms with Gasteiger partial charge in [-0.05, 0) is 49.6 Å². The average molecular weight is 510 g/mol. The third kappa shape index (κ3) is 4.52. The van der Waals surface area contributed by atoms with Crippen molar-refractivity contribution in [3.63, 3.8) is 0 Å². The van der Waals surface area contributed by atoms with E-state index >= 15 is 0 Å². The Hall–Kier alpha value is -3.34. The Kier molecular flexibility index (Phi) is 5.42. The van der Waals surface area contributed by atoms with E-state index in [0.717, 1.165) is 18.3 Å². The number of ether oxygens (including phenoxy) is 2. The molecule has 8 nitrogen and oxygen atoms in total. The molecule has 2 aromatic rings. The number of Topliss-reactive ketones (excluding diaryl/α,β-unsaturated/α-hetero) is 1. The number of alkyl halides is 3. The summed E-state index contributed by atoms with van der Waals surface area (Å²) >= 11 is 5.92. The molecule has 0 spiro atoms. The summed E-state index contributed by atoms with van der Waals surface area (Å²) in [7, 11) is 0.